The predicted octanol–water partition coefficient (Wildman–Crippen LogP) is 9.54. The molecule has 0 fully saturated rings. The van der Waals surface area contributed by atoms with Crippen LogP contribution in [0.15, 0.2) is 84.9 Å². The molecule has 0 radical (unpaired) electrons. The monoisotopic (exact) mass is 602 g/mol. The second kappa shape index (κ2) is 13.8. The molecule has 0 N–H and O–H groups in total. The van der Waals surface area contributed by atoms with E-state index in [-0.39, 0.29) is 0 Å². The van der Waals surface area contributed by atoms with Gasteiger partial charge in [0.25, 0.3) is 0 Å². The van der Waals surface area contributed by atoms with E-state index in [0.717, 1.165) is 0 Å². The van der Waals surface area contributed by atoms with Crippen molar-refractivity contribution >= 4 is 27.0 Å². The van der Waals surface area contributed by atoms with Crippen molar-refractivity contribution in [3.05, 3.63) is 107 Å². The van der Waals surface area contributed by atoms with Crippen LogP contribution in [0.1, 0.15) is 22.3 Å². The van der Waals surface area contributed by atoms with Gasteiger partial charge in [-0.2, -0.15) is 45.5 Å². The first-order valence-corrected chi connectivity index (χ1v) is 28.7. The van der Waals surface area contributed by atoms with E-state index in [4.69, 9.17) is 17.0 Å². The van der Waals surface area contributed by atoms with E-state index < -0.39 is 26.2 Å². The van der Waals surface area contributed by atoms with Crippen LogP contribution in [-0.4, -0.2) is 9.98 Å². The van der Waals surface area contributed by atoms with Gasteiger partial charge in [-0.05, 0) is 0 Å². The number of rotatable bonds is 2. The van der Waals surface area contributed by atoms with Gasteiger partial charge < -0.3 is 0 Å². The van der Waals surface area contributed by atoms with Crippen molar-refractivity contribution in [1.29, 1.82) is 0 Å². The second-order valence-electron chi connectivity index (χ2n) is 8.25. The minimum absolute atomic E-state index is 0.735. The summed E-state index contributed by atoms with van der Waals surface area (Å²) in [7, 11) is 10.6. The summed E-state index contributed by atoms with van der Waals surface area (Å²) in [5.74, 6) is 4.46. The molecule has 168 valence electrons. The minimum atomic E-state index is -1.59. The quantitative estimate of drug-likeness (QED) is 0.158. The van der Waals surface area contributed by atoms with Gasteiger partial charge >= 0.3 is 54.8 Å². The number of aryl methyl sites for hydroxylation is 4. The third kappa shape index (κ3) is 8.83. The Morgan fingerprint density at radius 1 is 0.625 bits per heavy atom. The molecule has 4 heteroatoms. The Labute approximate surface area is 210 Å². The number of hydrogen-bond donors (Lipinski definition) is 0. The molecule has 0 aromatic heterocycles. The van der Waals surface area contributed by atoms with Crippen molar-refractivity contribution in [3.63, 3.8) is 0 Å². The SMILES string of the molecule is Cc1cc(-c2ccccc2)c(C)[cH-]1.Cc1cc(-c2ccccc2)c(C)[cH-]1.[CH3][Ge]([CH3])=[Zr]([Cl])[Cl]. The first kappa shape index (κ1) is 27.4. The Hall–Kier alpha value is -0.854. The van der Waals surface area contributed by atoms with Gasteiger partial charge in [-0.3, -0.25) is 0 Å². The first-order chi connectivity index (χ1) is 15.2. The Morgan fingerprint density at radius 3 is 1.16 bits per heavy atom. The van der Waals surface area contributed by atoms with Crippen molar-refractivity contribution in [1.82, 2.24) is 0 Å². The second-order valence-corrected chi connectivity index (χ2v) is 46.2. The van der Waals surface area contributed by atoms with Crippen LogP contribution in [0.2, 0.25) is 11.5 Å². The molecule has 4 aromatic carbocycles. The maximum absolute atomic E-state index is 5.65. The first-order valence-electron chi connectivity index (χ1n) is 10.8. The molecule has 4 aromatic rings. The summed E-state index contributed by atoms with van der Waals surface area (Å²) in [6.07, 6.45) is 0. The topological polar surface area (TPSA) is 0 Å². The van der Waals surface area contributed by atoms with Crippen LogP contribution in [0.25, 0.3) is 22.3 Å². The predicted molar refractivity (Wildman–Crippen MR) is 143 cm³/mol. The van der Waals surface area contributed by atoms with Crippen molar-refractivity contribution in [2.24, 2.45) is 0 Å². The third-order valence-corrected chi connectivity index (χ3v) is 39.5. The van der Waals surface area contributed by atoms with Crippen LogP contribution in [0.4, 0.5) is 0 Å². The van der Waals surface area contributed by atoms with E-state index in [0.29, 0.717) is 0 Å². The molecule has 0 unspecified atom stereocenters. The van der Waals surface area contributed by atoms with Crippen molar-refractivity contribution < 1.29 is 16.2 Å². The summed E-state index contributed by atoms with van der Waals surface area (Å²) in [5, 5.41) is 0. The van der Waals surface area contributed by atoms with Crippen LogP contribution < -0.4 is 0 Å². The Morgan fingerprint density at radius 2 is 0.938 bits per heavy atom. The number of halogens is 2. The average Bonchev–Trinajstić information content (AvgIpc) is 3.29. The summed E-state index contributed by atoms with van der Waals surface area (Å²) in [6, 6.07) is 30.0. The summed E-state index contributed by atoms with van der Waals surface area (Å²) >= 11 is -1.59. The average molecular weight is 603 g/mol. The van der Waals surface area contributed by atoms with Crippen molar-refractivity contribution in [2.45, 2.75) is 39.2 Å². The molecule has 0 atom stereocenters. The molecule has 0 aliphatic rings. The van der Waals surface area contributed by atoms with Crippen LogP contribution in [0.3, 0.4) is 0 Å². The summed E-state index contributed by atoms with van der Waals surface area (Å²) < 4.78 is 0. The molecule has 0 nitrogen and oxygen atoms in total. The van der Waals surface area contributed by atoms with Crippen LogP contribution in [-0.2, 0) is 16.2 Å². The zero-order chi connectivity index (χ0) is 23.7. The Balaban J connectivity index is 0.000000183. The zero-order valence-electron chi connectivity index (χ0n) is 19.8. The van der Waals surface area contributed by atoms with Crippen molar-refractivity contribution in [2.75, 3.05) is 0 Å². The van der Waals surface area contributed by atoms with Gasteiger partial charge in [0.05, 0.1) is 0 Å². The van der Waals surface area contributed by atoms with Gasteiger partial charge in [-0.1, -0.05) is 99.5 Å². The molecular weight excluding hydrogens is 571 g/mol. The van der Waals surface area contributed by atoms with E-state index in [9.17, 15) is 0 Å². The van der Waals surface area contributed by atoms with Gasteiger partial charge in [-0.15, -0.1) is 0 Å². The van der Waals surface area contributed by atoms with E-state index in [1.807, 2.05) is 0 Å². The van der Waals surface area contributed by atoms with E-state index in [1.54, 1.807) is 0 Å². The Bertz CT molecular complexity index is 1040. The summed E-state index contributed by atoms with van der Waals surface area (Å²) in [6.45, 7) is 8.60. The van der Waals surface area contributed by atoms with Gasteiger partial charge in [0.1, 0.15) is 0 Å². The molecule has 32 heavy (non-hydrogen) atoms. The molecular formula is C28H32Cl2GeZr-2. The normalized spacial score (nSPS) is 9.88. The number of benzene rings is 2. The van der Waals surface area contributed by atoms with Gasteiger partial charge in [0.2, 0.25) is 0 Å². The standard InChI is InChI=1S/2C13H13.C2H6Ge.2ClH.Zr/c2*1-10-8-11(2)13(9-10)12-6-4-3-5-7-12;1-3-2;;;/h2*3-9H,1-2H3;1-2H3;2*1H;/q2*-1;;;;+2/p-2. The molecule has 0 saturated heterocycles. The van der Waals surface area contributed by atoms with E-state index >= 15 is 0 Å². The van der Waals surface area contributed by atoms with Crippen molar-refractivity contribution in [3.8, 4) is 22.3 Å². The fourth-order valence-corrected chi connectivity index (χ4v) is 3.46. The molecule has 0 aliphatic heterocycles. The van der Waals surface area contributed by atoms with Gasteiger partial charge in [0.15, 0.2) is 0 Å². The molecule has 0 bridgehead atoms. The fraction of sp³-hybridized carbons (Fsp3) is 0.214. The van der Waals surface area contributed by atoms with E-state index in [1.165, 1.54) is 44.5 Å². The summed E-state index contributed by atoms with van der Waals surface area (Å²) in [5.41, 5.74) is 10.8. The molecule has 4 rings (SSSR count). The Kier molecular flexibility index (Phi) is 11.8. The fourth-order valence-electron chi connectivity index (χ4n) is 3.46. The molecule has 0 amide bonds. The van der Waals surface area contributed by atoms with E-state index in [2.05, 4.69) is 124 Å². The van der Waals surface area contributed by atoms with Gasteiger partial charge in [0, 0.05) is 0 Å². The molecule has 0 saturated carbocycles. The van der Waals surface area contributed by atoms with Gasteiger partial charge in [-0.25, -0.2) is 12.1 Å². The summed E-state index contributed by atoms with van der Waals surface area (Å²) in [4.78, 5) is 0. The zero-order valence-corrected chi connectivity index (χ0v) is 25.9. The molecule has 0 spiro atoms. The maximum atomic E-state index is 5.65. The third-order valence-electron chi connectivity index (χ3n) is 5.03. The van der Waals surface area contributed by atoms with Crippen LogP contribution in [0, 0.1) is 27.7 Å². The number of hydrogen-bond acceptors (Lipinski definition) is 0. The van der Waals surface area contributed by atoms with Crippen LogP contribution in [0.5, 0.6) is 0 Å². The van der Waals surface area contributed by atoms with Crippen LogP contribution >= 0.6 is 17.0 Å². The molecule has 0 heterocycles. The molecule has 0 aliphatic carbocycles.